The van der Waals surface area contributed by atoms with Crippen LogP contribution in [-0.2, 0) is 0 Å². The van der Waals surface area contributed by atoms with E-state index < -0.39 is 0 Å². The molecule has 0 N–H and O–H groups in total. The van der Waals surface area contributed by atoms with Gasteiger partial charge in [-0.1, -0.05) is 0 Å². The highest BCUT2D eigenvalue weighted by atomic mass is 16.5. The van der Waals surface area contributed by atoms with Crippen molar-refractivity contribution in [1.82, 2.24) is 10.2 Å². The van der Waals surface area contributed by atoms with Gasteiger partial charge < -0.3 is 13.9 Å². The van der Waals surface area contributed by atoms with Crippen LogP contribution in [0.2, 0.25) is 0 Å². The number of nitrogens with zero attached hydrogens (tertiary/aromatic N) is 2. The van der Waals surface area contributed by atoms with Gasteiger partial charge in [0.05, 0.1) is 6.10 Å². The van der Waals surface area contributed by atoms with E-state index in [2.05, 4.69) is 10.2 Å². The second kappa shape index (κ2) is 5.73. The summed E-state index contributed by atoms with van der Waals surface area (Å²) in [6, 6.07) is 7.47. The van der Waals surface area contributed by atoms with Crippen LogP contribution in [0.1, 0.15) is 38.7 Å². The monoisotopic (exact) mass is 262 g/mol. The van der Waals surface area contributed by atoms with Gasteiger partial charge in [0.15, 0.2) is 6.10 Å². The van der Waals surface area contributed by atoms with Gasteiger partial charge in [-0.15, -0.1) is 10.2 Å². The van der Waals surface area contributed by atoms with Crippen molar-refractivity contribution >= 4 is 0 Å². The van der Waals surface area contributed by atoms with Crippen molar-refractivity contribution in [3.63, 3.8) is 0 Å². The van der Waals surface area contributed by atoms with E-state index in [1.807, 2.05) is 45.0 Å². The molecule has 0 amide bonds. The summed E-state index contributed by atoms with van der Waals surface area (Å²) in [5, 5.41) is 7.71. The summed E-state index contributed by atoms with van der Waals surface area (Å²) in [5.74, 6) is 2.56. The largest absolute Gasteiger partial charge is 0.491 e. The van der Waals surface area contributed by atoms with E-state index in [4.69, 9.17) is 13.9 Å². The molecule has 2 aromatic rings. The summed E-state index contributed by atoms with van der Waals surface area (Å²) < 4.78 is 16.6. The zero-order valence-electron chi connectivity index (χ0n) is 11.6. The maximum atomic E-state index is 5.72. The predicted molar refractivity (Wildman–Crippen MR) is 70.3 cm³/mol. The van der Waals surface area contributed by atoms with Crippen molar-refractivity contribution in [2.24, 2.45) is 0 Å². The molecule has 2 rings (SSSR count). The van der Waals surface area contributed by atoms with Gasteiger partial charge in [0, 0.05) is 6.92 Å². The zero-order chi connectivity index (χ0) is 13.8. The molecule has 19 heavy (non-hydrogen) atoms. The number of benzene rings is 1. The lowest BCUT2D eigenvalue weighted by atomic mass is 10.3. The molecule has 5 nitrogen and oxygen atoms in total. The Morgan fingerprint density at radius 2 is 1.53 bits per heavy atom. The second-order valence-electron chi connectivity index (χ2n) is 4.56. The first-order chi connectivity index (χ1) is 9.04. The molecule has 1 atom stereocenters. The highest BCUT2D eigenvalue weighted by Gasteiger charge is 2.14. The summed E-state index contributed by atoms with van der Waals surface area (Å²) in [5.41, 5.74) is 0. The lowest BCUT2D eigenvalue weighted by Gasteiger charge is -2.13. The molecule has 0 saturated carbocycles. The Labute approximate surface area is 112 Å². The third kappa shape index (κ3) is 3.71. The number of aromatic nitrogens is 2. The van der Waals surface area contributed by atoms with Gasteiger partial charge in [0.1, 0.15) is 11.5 Å². The molecule has 102 valence electrons. The third-order valence-corrected chi connectivity index (χ3v) is 2.40. The van der Waals surface area contributed by atoms with Crippen LogP contribution in [0.5, 0.6) is 11.5 Å². The molecule has 1 aromatic carbocycles. The molecule has 0 saturated heterocycles. The first kappa shape index (κ1) is 13.4. The smallest absolute Gasteiger partial charge is 0.256 e. The number of hydrogen-bond donors (Lipinski definition) is 0. The van der Waals surface area contributed by atoms with E-state index in [0.717, 1.165) is 11.5 Å². The lowest BCUT2D eigenvalue weighted by molar-refractivity contribution is 0.186. The van der Waals surface area contributed by atoms with Crippen LogP contribution in [0.25, 0.3) is 0 Å². The van der Waals surface area contributed by atoms with Gasteiger partial charge >= 0.3 is 0 Å². The normalized spacial score (nSPS) is 12.5. The Hall–Kier alpha value is -2.04. The number of hydrogen-bond acceptors (Lipinski definition) is 5. The molecule has 0 bridgehead atoms. The average molecular weight is 262 g/mol. The highest BCUT2D eigenvalue weighted by Crippen LogP contribution is 2.23. The zero-order valence-corrected chi connectivity index (χ0v) is 11.6. The SMILES string of the molecule is Cc1nnc(C(C)Oc2ccc(OC(C)C)cc2)o1. The second-order valence-corrected chi connectivity index (χ2v) is 4.56. The van der Waals surface area contributed by atoms with Crippen LogP contribution in [0.4, 0.5) is 0 Å². The van der Waals surface area contributed by atoms with Crippen molar-refractivity contribution in [1.29, 1.82) is 0 Å². The molecule has 0 spiro atoms. The molecular weight excluding hydrogens is 244 g/mol. The van der Waals surface area contributed by atoms with Gasteiger partial charge in [-0.05, 0) is 45.0 Å². The molecule has 0 aliphatic rings. The molecule has 0 aliphatic heterocycles. The van der Waals surface area contributed by atoms with E-state index in [9.17, 15) is 0 Å². The Balaban J connectivity index is 1.99. The van der Waals surface area contributed by atoms with E-state index >= 15 is 0 Å². The fourth-order valence-corrected chi connectivity index (χ4v) is 1.60. The summed E-state index contributed by atoms with van der Waals surface area (Å²) >= 11 is 0. The van der Waals surface area contributed by atoms with Crippen LogP contribution in [0.3, 0.4) is 0 Å². The highest BCUT2D eigenvalue weighted by molar-refractivity contribution is 5.31. The number of aryl methyl sites for hydroxylation is 1. The Kier molecular flexibility index (Phi) is 4.04. The first-order valence-corrected chi connectivity index (χ1v) is 6.28. The molecule has 1 heterocycles. The van der Waals surface area contributed by atoms with Gasteiger partial charge in [0.25, 0.3) is 5.89 Å². The van der Waals surface area contributed by atoms with Gasteiger partial charge in [-0.25, -0.2) is 0 Å². The van der Waals surface area contributed by atoms with E-state index in [1.54, 1.807) is 6.92 Å². The van der Waals surface area contributed by atoms with Crippen LogP contribution in [0.15, 0.2) is 28.7 Å². The third-order valence-electron chi connectivity index (χ3n) is 2.40. The van der Waals surface area contributed by atoms with E-state index in [0.29, 0.717) is 11.8 Å². The van der Waals surface area contributed by atoms with Crippen molar-refractivity contribution in [3.8, 4) is 11.5 Å². The predicted octanol–water partition coefficient (Wildman–Crippen LogP) is 3.31. The maximum absolute atomic E-state index is 5.72. The Morgan fingerprint density at radius 3 is 2.00 bits per heavy atom. The molecule has 0 fully saturated rings. The summed E-state index contributed by atoms with van der Waals surface area (Å²) in [4.78, 5) is 0. The van der Waals surface area contributed by atoms with E-state index in [1.165, 1.54) is 0 Å². The molecule has 0 aliphatic carbocycles. The van der Waals surface area contributed by atoms with Crippen LogP contribution in [-0.4, -0.2) is 16.3 Å². The van der Waals surface area contributed by atoms with Crippen LogP contribution in [0, 0.1) is 6.92 Å². The number of rotatable bonds is 5. The molecular formula is C14H18N2O3. The minimum absolute atomic E-state index is 0.159. The fourth-order valence-electron chi connectivity index (χ4n) is 1.60. The van der Waals surface area contributed by atoms with Crippen LogP contribution < -0.4 is 9.47 Å². The lowest BCUT2D eigenvalue weighted by Crippen LogP contribution is -2.06. The van der Waals surface area contributed by atoms with Gasteiger partial charge in [-0.3, -0.25) is 0 Å². The van der Waals surface area contributed by atoms with Gasteiger partial charge in [-0.2, -0.15) is 0 Å². The minimum Gasteiger partial charge on any atom is -0.491 e. The standard InChI is InChI=1S/C14H18N2O3/c1-9(2)17-12-5-7-13(8-6-12)18-10(3)14-16-15-11(4)19-14/h5-10H,1-4H3. The summed E-state index contributed by atoms with van der Waals surface area (Å²) in [7, 11) is 0. The molecule has 0 radical (unpaired) electrons. The van der Waals surface area contributed by atoms with Crippen LogP contribution >= 0.6 is 0 Å². The first-order valence-electron chi connectivity index (χ1n) is 6.28. The number of ether oxygens (including phenoxy) is 2. The minimum atomic E-state index is -0.280. The fraction of sp³-hybridized carbons (Fsp3) is 0.429. The van der Waals surface area contributed by atoms with Crippen molar-refractivity contribution in [3.05, 3.63) is 36.0 Å². The Bertz CT molecular complexity index is 520. The van der Waals surface area contributed by atoms with Crippen molar-refractivity contribution in [2.45, 2.75) is 39.9 Å². The molecule has 5 heteroatoms. The topological polar surface area (TPSA) is 57.4 Å². The van der Waals surface area contributed by atoms with E-state index in [-0.39, 0.29) is 12.2 Å². The molecule has 1 aromatic heterocycles. The summed E-state index contributed by atoms with van der Waals surface area (Å²) in [6.45, 7) is 7.60. The maximum Gasteiger partial charge on any atom is 0.256 e. The van der Waals surface area contributed by atoms with Crippen molar-refractivity contribution in [2.75, 3.05) is 0 Å². The average Bonchev–Trinajstić information content (AvgIpc) is 2.78. The van der Waals surface area contributed by atoms with Gasteiger partial charge in [0.2, 0.25) is 5.89 Å². The molecule has 1 unspecified atom stereocenters. The summed E-state index contributed by atoms with van der Waals surface area (Å²) in [6.07, 6.45) is -0.120. The quantitative estimate of drug-likeness (QED) is 0.827. The Morgan fingerprint density at radius 1 is 0.947 bits per heavy atom. The van der Waals surface area contributed by atoms with Crippen molar-refractivity contribution < 1.29 is 13.9 Å².